The van der Waals surface area contributed by atoms with Crippen LogP contribution in [0.1, 0.15) is 44.1 Å². The number of likely N-dealkylation sites (tertiary alicyclic amines) is 1. The highest BCUT2D eigenvalue weighted by Gasteiger charge is 2.29. The molecule has 4 nitrogen and oxygen atoms in total. The number of ether oxygens (including phenoxy) is 1. The van der Waals surface area contributed by atoms with Gasteiger partial charge in [-0.25, -0.2) is 0 Å². The Morgan fingerprint density at radius 3 is 2.83 bits per heavy atom. The first-order valence-corrected chi connectivity index (χ1v) is 9.39. The molecule has 0 spiro atoms. The summed E-state index contributed by atoms with van der Waals surface area (Å²) in [6.45, 7) is 3.21. The predicted molar refractivity (Wildman–Crippen MR) is 96.3 cm³/mol. The number of hydrogen-bond acceptors (Lipinski definition) is 3. The minimum Gasteiger partial charge on any atom is -0.496 e. The predicted octanol–water partition coefficient (Wildman–Crippen LogP) is 3.01. The van der Waals surface area contributed by atoms with Gasteiger partial charge in [0.15, 0.2) is 0 Å². The molecule has 0 unspecified atom stereocenters. The SMILES string of the molecule is COc1ccccc1CCC(=O)NC[C@H]1CCN(C2CCCC2)C1. The van der Waals surface area contributed by atoms with Gasteiger partial charge in [0.25, 0.3) is 0 Å². The van der Waals surface area contributed by atoms with E-state index in [0.29, 0.717) is 12.3 Å². The van der Waals surface area contributed by atoms with Gasteiger partial charge < -0.3 is 15.0 Å². The van der Waals surface area contributed by atoms with Crippen LogP contribution in [0.2, 0.25) is 0 Å². The van der Waals surface area contributed by atoms with Crippen molar-refractivity contribution in [1.82, 2.24) is 10.2 Å². The number of carbonyl (C=O) groups is 1. The number of nitrogens with one attached hydrogen (secondary N) is 1. The number of nitrogens with zero attached hydrogens (tertiary/aromatic N) is 1. The molecule has 1 atom stereocenters. The lowest BCUT2D eigenvalue weighted by atomic mass is 10.1. The summed E-state index contributed by atoms with van der Waals surface area (Å²) < 4.78 is 5.34. The second-order valence-electron chi connectivity index (χ2n) is 7.20. The average Bonchev–Trinajstić information content (AvgIpc) is 3.29. The Morgan fingerprint density at radius 2 is 2.04 bits per heavy atom. The molecule has 0 radical (unpaired) electrons. The van der Waals surface area contributed by atoms with Gasteiger partial charge in [0.2, 0.25) is 5.91 Å². The number of amides is 1. The van der Waals surface area contributed by atoms with E-state index < -0.39 is 0 Å². The van der Waals surface area contributed by atoms with Gasteiger partial charge >= 0.3 is 0 Å². The normalized spacial score (nSPS) is 22.0. The number of rotatable bonds is 7. The number of hydrogen-bond donors (Lipinski definition) is 1. The van der Waals surface area contributed by atoms with Gasteiger partial charge in [-0.05, 0) is 49.8 Å². The molecule has 24 heavy (non-hydrogen) atoms. The zero-order valence-electron chi connectivity index (χ0n) is 14.8. The molecular weight excluding hydrogens is 300 g/mol. The Balaban J connectivity index is 1.37. The van der Waals surface area contributed by atoms with Crippen LogP contribution in [-0.4, -0.2) is 43.6 Å². The minimum absolute atomic E-state index is 0.153. The lowest BCUT2D eigenvalue weighted by molar-refractivity contribution is -0.121. The molecule has 1 aliphatic carbocycles. The fourth-order valence-corrected chi connectivity index (χ4v) is 4.13. The second kappa shape index (κ2) is 8.52. The van der Waals surface area contributed by atoms with Crippen molar-refractivity contribution in [2.45, 2.75) is 51.0 Å². The van der Waals surface area contributed by atoms with Gasteiger partial charge in [-0.15, -0.1) is 0 Å². The van der Waals surface area contributed by atoms with E-state index in [4.69, 9.17) is 4.74 Å². The third-order valence-corrected chi connectivity index (χ3v) is 5.56. The molecule has 2 aliphatic rings. The molecule has 1 saturated carbocycles. The summed E-state index contributed by atoms with van der Waals surface area (Å²) in [5.41, 5.74) is 1.10. The van der Waals surface area contributed by atoms with E-state index in [0.717, 1.165) is 36.9 Å². The van der Waals surface area contributed by atoms with Crippen LogP contribution >= 0.6 is 0 Å². The molecule has 3 rings (SSSR count). The van der Waals surface area contributed by atoms with Crippen LogP contribution in [0.15, 0.2) is 24.3 Å². The van der Waals surface area contributed by atoms with Crippen molar-refractivity contribution >= 4 is 5.91 Å². The molecule has 1 aromatic carbocycles. The molecule has 1 aliphatic heterocycles. The van der Waals surface area contributed by atoms with E-state index in [1.165, 1.54) is 38.6 Å². The number of aryl methyl sites for hydroxylation is 1. The fourth-order valence-electron chi connectivity index (χ4n) is 4.13. The summed E-state index contributed by atoms with van der Waals surface area (Å²) in [6.07, 6.45) is 8.02. The second-order valence-corrected chi connectivity index (χ2v) is 7.20. The summed E-state index contributed by atoms with van der Waals surface area (Å²) in [5.74, 6) is 1.65. The van der Waals surface area contributed by atoms with Crippen LogP contribution in [-0.2, 0) is 11.2 Å². The van der Waals surface area contributed by atoms with Crippen molar-refractivity contribution in [1.29, 1.82) is 0 Å². The van der Waals surface area contributed by atoms with Crippen molar-refractivity contribution in [3.05, 3.63) is 29.8 Å². The van der Waals surface area contributed by atoms with Crippen molar-refractivity contribution < 1.29 is 9.53 Å². The molecule has 132 valence electrons. The van der Waals surface area contributed by atoms with E-state index >= 15 is 0 Å². The van der Waals surface area contributed by atoms with Crippen LogP contribution in [0.25, 0.3) is 0 Å². The molecule has 1 aromatic rings. The Kier molecular flexibility index (Phi) is 6.13. The summed E-state index contributed by atoms with van der Waals surface area (Å²) in [6, 6.07) is 8.74. The molecule has 1 heterocycles. The number of methoxy groups -OCH3 is 1. The van der Waals surface area contributed by atoms with Gasteiger partial charge in [-0.2, -0.15) is 0 Å². The smallest absolute Gasteiger partial charge is 0.220 e. The highest BCUT2D eigenvalue weighted by atomic mass is 16.5. The Bertz CT molecular complexity index is 540. The number of carbonyl (C=O) groups excluding carboxylic acids is 1. The first-order valence-electron chi connectivity index (χ1n) is 9.39. The van der Waals surface area contributed by atoms with Crippen LogP contribution in [0.3, 0.4) is 0 Å². The van der Waals surface area contributed by atoms with Crippen molar-refractivity contribution in [3.8, 4) is 5.75 Å². The van der Waals surface area contributed by atoms with Gasteiger partial charge in [0.1, 0.15) is 5.75 Å². The third-order valence-electron chi connectivity index (χ3n) is 5.56. The molecule has 4 heteroatoms. The van der Waals surface area contributed by atoms with Crippen LogP contribution < -0.4 is 10.1 Å². The Morgan fingerprint density at radius 1 is 1.25 bits per heavy atom. The molecule has 1 amide bonds. The van der Waals surface area contributed by atoms with Crippen LogP contribution in [0, 0.1) is 5.92 Å². The summed E-state index contributed by atoms with van der Waals surface area (Å²) in [5, 5.41) is 3.14. The van der Waals surface area contributed by atoms with Gasteiger partial charge in [0, 0.05) is 25.6 Å². The van der Waals surface area contributed by atoms with E-state index in [1.54, 1.807) is 7.11 Å². The molecule has 1 saturated heterocycles. The highest BCUT2D eigenvalue weighted by molar-refractivity contribution is 5.76. The Labute approximate surface area is 145 Å². The van der Waals surface area contributed by atoms with E-state index in [-0.39, 0.29) is 5.91 Å². The van der Waals surface area contributed by atoms with Crippen LogP contribution in [0.4, 0.5) is 0 Å². The minimum atomic E-state index is 0.153. The number of benzene rings is 1. The first kappa shape index (κ1) is 17.3. The van der Waals surface area contributed by atoms with Crippen molar-refractivity contribution in [2.24, 2.45) is 5.92 Å². The summed E-state index contributed by atoms with van der Waals surface area (Å²) >= 11 is 0. The number of para-hydroxylation sites is 1. The maximum atomic E-state index is 12.1. The maximum Gasteiger partial charge on any atom is 0.220 e. The molecule has 2 fully saturated rings. The van der Waals surface area contributed by atoms with Gasteiger partial charge in [0.05, 0.1) is 7.11 Å². The van der Waals surface area contributed by atoms with E-state index in [1.807, 2.05) is 24.3 Å². The lowest BCUT2D eigenvalue weighted by Crippen LogP contribution is -2.34. The zero-order valence-corrected chi connectivity index (χ0v) is 14.8. The highest BCUT2D eigenvalue weighted by Crippen LogP contribution is 2.28. The standard InChI is InChI=1S/C20H30N2O2/c1-24-19-9-5-2-6-17(19)10-11-20(23)21-14-16-12-13-22(15-16)18-7-3-4-8-18/h2,5-6,9,16,18H,3-4,7-8,10-15H2,1H3,(H,21,23)/t16-/m1/s1. The third kappa shape index (κ3) is 4.50. The molecule has 1 N–H and O–H groups in total. The van der Waals surface area contributed by atoms with Gasteiger partial charge in [-0.3, -0.25) is 4.79 Å². The van der Waals surface area contributed by atoms with Crippen molar-refractivity contribution in [3.63, 3.8) is 0 Å². The summed E-state index contributed by atoms with van der Waals surface area (Å²) in [4.78, 5) is 14.8. The Hall–Kier alpha value is -1.55. The quantitative estimate of drug-likeness (QED) is 0.835. The van der Waals surface area contributed by atoms with Crippen molar-refractivity contribution in [2.75, 3.05) is 26.7 Å². The molecule has 0 aromatic heterocycles. The van der Waals surface area contributed by atoms with Crippen LogP contribution in [0.5, 0.6) is 5.75 Å². The molecular formula is C20H30N2O2. The zero-order chi connectivity index (χ0) is 16.8. The average molecular weight is 330 g/mol. The van der Waals surface area contributed by atoms with E-state index in [9.17, 15) is 4.79 Å². The lowest BCUT2D eigenvalue weighted by Gasteiger charge is -2.23. The van der Waals surface area contributed by atoms with Gasteiger partial charge in [-0.1, -0.05) is 31.0 Å². The van der Waals surface area contributed by atoms with E-state index in [2.05, 4.69) is 10.2 Å². The molecule has 0 bridgehead atoms. The monoisotopic (exact) mass is 330 g/mol. The topological polar surface area (TPSA) is 41.6 Å². The largest absolute Gasteiger partial charge is 0.496 e. The first-order chi connectivity index (χ1) is 11.8. The fraction of sp³-hybridized carbons (Fsp3) is 0.650. The summed E-state index contributed by atoms with van der Waals surface area (Å²) in [7, 11) is 1.68. The maximum absolute atomic E-state index is 12.1.